The van der Waals surface area contributed by atoms with Crippen molar-refractivity contribution in [2.45, 2.75) is 12.5 Å². The van der Waals surface area contributed by atoms with Crippen molar-refractivity contribution in [3.05, 3.63) is 11.6 Å². The summed E-state index contributed by atoms with van der Waals surface area (Å²) in [6.07, 6.45) is 2.68. The number of ether oxygens (including phenoxy) is 1. The van der Waals surface area contributed by atoms with Gasteiger partial charge in [0.2, 0.25) is 0 Å². The fourth-order valence-electron chi connectivity index (χ4n) is 2.31. The van der Waals surface area contributed by atoms with Crippen molar-refractivity contribution >= 4 is 11.9 Å². The Labute approximate surface area is 94.4 Å². The number of fused-ring (bicyclic) bond motifs is 1. The van der Waals surface area contributed by atoms with Gasteiger partial charge < -0.3 is 15.0 Å². The van der Waals surface area contributed by atoms with Crippen molar-refractivity contribution in [2.24, 2.45) is 5.92 Å². The number of methoxy groups -OCH3 is 1. The van der Waals surface area contributed by atoms with Crippen LogP contribution in [0.15, 0.2) is 11.6 Å². The molecule has 2 aliphatic rings. The van der Waals surface area contributed by atoms with E-state index >= 15 is 0 Å². The molecule has 2 aliphatic heterocycles. The Balaban J connectivity index is 2.20. The normalized spacial score (nSPS) is 30.1. The van der Waals surface area contributed by atoms with E-state index < -0.39 is 5.97 Å². The third-order valence-corrected chi connectivity index (χ3v) is 3.21. The summed E-state index contributed by atoms with van der Waals surface area (Å²) in [6, 6.07) is 0.164. The SMILES string of the molecule is COC(=O)C1=C[C@H]2CN(C)CC[C@@H]2NC1=O. The molecule has 0 bridgehead atoms. The first kappa shape index (κ1) is 11.1. The minimum atomic E-state index is -0.552. The molecule has 0 aromatic carbocycles. The highest BCUT2D eigenvalue weighted by Gasteiger charge is 2.35. The molecule has 0 aromatic heterocycles. The smallest absolute Gasteiger partial charge is 0.343 e. The zero-order valence-electron chi connectivity index (χ0n) is 9.53. The highest BCUT2D eigenvalue weighted by molar-refractivity contribution is 6.16. The predicted octanol–water partition coefficient (Wildman–Crippen LogP) is -0.464. The van der Waals surface area contributed by atoms with E-state index in [1.807, 2.05) is 7.05 Å². The summed E-state index contributed by atoms with van der Waals surface area (Å²) in [4.78, 5) is 25.2. The van der Waals surface area contributed by atoms with Gasteiger partial charge >= 0.3 is 5.97 Å². The first-order valence-corrected chi connectivity index (χ1v) is 5.41. The summed E-state index contributed by atoms with van der Waals surface area (Å²) in [7, 11) is 3.33. The molecule has 0 aliphatic carbocycles. The molecule has 0 aromatic rings. The Kier molecular flexibility index (Phi) is 2.96. The number of carbonyl (C=O) groups excluding carboxylic acids is 2. The Morgan fingerprint density at radius 2 is 2.38 bits per heavy atom. The number of esters is 1. The van der Waals surface area contributed by atoms with Crippen molar-refractivity contribution in [1.82, 2.24) is 10.2 Å². The second-order valence-corrected chi connectivity index (χ2v) is 4.37. The summed E-state index contributed by atoms with van der Waals surface area (Å²) in [6.45, 7) is 1.84. The van der Waals surface area contributed by atoms with Crippen molar-refractivity contribution in [3.8, 4) is 0 Å². The number of likely N-dealkylation sites (tertiary alicyclic amines) is 1. The molecule has 88 valence electrons. The molecular weight excluding hydrogens is 208 g/mol. The van der Waals surface area contributed by atoms with E-state index in [-0.39, 0.29) is 23.4 Å². The van der Waals surface area contributed by atoms with Crippen molar-refractivity contribution in [1.29, 1.82) is 0 Å². The van der Waals surface area contributed by atoms with Gasteiger partial charge in [-0.15, -0.1) is 0 Å². The van der Waals surface area contributed by atoms with Crippen LogP contribution in [-0.4, -0.2) is 50.1 Å². The highest BCUT2D eigenvalue weighted by Crippen LogP contribution is 2.23. The van der Waals surface area contributed by atoms with E-state index in [1.165, 1.54) is 7.11 Å². The van der Waals surface area contributed by atoms with E-state index in [9.17, 15) is 9.59 Å². The summed E-state index contributed by atoms with van der Waals surface area (Å²) in [5, 5.41) is 2.87. The Bertz CT molecular complexity index is 351. The lowest BCUT2D eigenvalue weighted by molar-refractivity contribution is -0.138. The fraction of sp³-hybridized carbons (Fsp3) is 0.636. The Morgan fingerprint density at radius 1 is 1.62 bits per heavy atom. The highest BCUT2D eigenvalue weighted by atomic mass is 16.5. The van der Waals surface area contributed by atoms with Gasteiger partial charge in [0.05, 0.1) is 7.11 Å². The number of nitrogens with one attached hydrogen (secondary N) is 1. The Morgan fingerprint density at radius 3 is 3.06 bits per heavy atom. The average molecular weight is 224 g/mol. The minimum Gasteiger partial charge on any atom is -0.465 e. The number of piperidine rings is 1. The lowest BCUT2D eigenvalue weighted by atomic mass is 9.87. The lowest BCUT2D eigenvalue weighted by Crippen LogP contribution is -2.53. The molecule has 1 amide bonds. The second-order valence-electron chi connectivity index (χ2n) is 4.37. The molecule has 2 rings (SSSR count). The van der Waals surface area contributed by atoms with Crippen molar-refractivity contribution in [3.63, 3.8) is 0 Å². The molecule has 0 unspecified atom stereocenters. The van der Waals surface area contributed by atoms with Crippen LogP contribution in [0.3, 0.4) is 0 Å². The molecule has 5 nitrogen and oxygen atoms in total. The molecule has 16 heavy (non-hydrogen) atoms. The predicted molar refractivity (Wildman–Crippen MR) is 57.6 cm³/mol. The molecule has 1 N–H and O–H groups in total. The topological polar surface area (TPSA) is 58.6 Å². The maximum atomic E-state index is 11.6. The van der Waals surface area contributed by atoms with Crippen LogP contribution in [0.4, 0.5) is 0 Å². The largest absolute Gasteiger partial charge is 0.465 e. The summed E-state index contributed by atoms with van der Waals surface area (Å²) < 4.78 is 4.59. The van der Waals surface area contributed by atoms with Crippen LogP contribution in [0, 0.1) is 5.92 Å². The molecule has 0 spiro atoms. The van der Waals surface area contributed by atoms with Gasteiger partial charge in [0.15, 0.2) is 0 Å². The van der Waals surface area contributed by atoms with Gasteiger partial charge in [0, 0.05) is 18.5 Å². The van der Waals surface area contributed by atoms with Gasteiger partial charge in [-0.2, -0.15) is 0 Å². The zero-order chi connectivity index (χ0) is 11.7. The average Bonchev–Trinajstić information content (AvgIpc) is 2.28. The summed E-state index contributed by atoms with van der Waals surface area (Å²) >= 11 is 0. The van der Waals surface area contributed by atoms with Crippen LogP contribution >= 0.6 is 0 Å². The molecular formula is C11H16N2O3. The van der Waals surface area contributed by atoms with Gasteiger partial charge in [-0.25, -0.2) is 4.79 Å². The number of hydrogen-bond donors (Lipinski definition) is 1. The number of hydrogen-bond acceptors (Lipinski definition) is 4. The van der Waals surface area contributed by atoms with Gasteiger partial charge in [-0.3, -0.25) is 4.79 Å². The summed E-state index contributed by atoms with van der Waals surface area (Å²) in [5.74, 6) is -0.646. The summed E-state index contributed by atoms with van der Waals surface area (Å²) in [5.41, 5.74) is 0.138. The fourth-order valence-corrected chi connectivity index (χ4v) is 2.31. The minimum absolute atomic E-state index is 0.138. The number of nitrogens with zero attached hydrogens (tertiary/aromatic N) is 1. The molecule has 2 atom stereocenters. The van der Waals surface area contributed by atoms with Crippen molar-refractivity contribution < 1.29 is 14.3 Å². The van der Waals surface area contributed by atoms with E-state index in [0.29, 0.717) is 0 Å². The van der Waals surface area contributed by atoms with Gasteiger partial charge in [-0.05, 0) is 20.0 Å². The molecule has 1 fully saturated rings. The van der Waals surface area contributed by atoms with Crippen LogP contribution in [0.25, 0.3) is 0 Å². The van der Waals surface area contributed by atoms with Crippen LogP contribution in [0.2, 0.25) is 0 Å². The van der Waals surface area contributed by atoms with E-state index in [1.54, 1.807) is 6.08 Å². The third kappa shape index (κ3) is 1.95. The number of amides is 1. The van der Waals surface area contributed by atoms with Gasteiger partial charge in [0.25, 0.3) is 5.91 Å². The van der Waals surface area contributed by atoms with E-state index in [0.717, 1.165) is 19.5 Å². The lowest BCUT2D eigenvalue weighted by Gasteiger charge is -2.38. The molecule has 2 heterocycles. The van der Waals surface area contributed by atoms with E-state index in [2.05, 4.69) is 15.0 Å². The van der Waals surface area contributed by atoms with E-state index in [4.69, 9.17) is 0 Å². The van der Waals surface area contributed by atoms with Crippen LogP contribution in [-0.2, 0) is 14.3 Å². The quantitative estimate of drug-likeness (QED) is 0.483. The molecule has 1 saturated heterocycles. The standard InChI is InChI=1S/C11H16N2O3/c1-13-4-3-9-7(6-13)5-8(10(14)12-9)11(15)16-2/h5,7,9H,3-4,6H2,1-2H3,(H,12,14)/t7-,9-/m0/s1. The van der Waals surface area contributed by atoms with Gasteiger partial charge in [0.1, 0.15) is 5.57 Å². The van der Waals surface area contributed by atoms with Crippen LogP contribution < -0.4 is 5.32 Å². The third-order valence-electron chi connectivity index (χ3n) is 3.21. The van der Waals surface area contributed by atoms with Crippen LogP contribution in [0.1, 0.15) is 6.42 Å². The molecule has 5 heteroatoms. The van der Waals surface area contributed by atoms with Crippen molar-refractivity contribution in [2.75, 3.05) is 27.2 Å². The molecule has 0 radical (unpaired) electrons. The second kappa shape index (κ2) is 4.25. The Hall–Kier alpha value is -1.36. The van der Waals surface area contributed by atoms with Crippen LogP contribution in [0.5, 0.6) is 0 Å². The monoisotopic (exact) mass is 224 g/mol. The number of carbonyl (C=O) groups is 2. The number of rotatable bonds is 1. The zero-order valence-corrected chi connectivity index (χ0v) is 9.53. The first-order chi connectivity index (χ1) is 7.61. The maximum Gasteiger partial charge on any atom is 0.343 e. The molecule has 0 saturated carbocycles. The first-order valence-electron chi connectivity index (χ1n) is 5.41. The van der Waals surface area contributed by atoms with Gasteiger partial charge in [-0.1, -0.05) is 6.08 Å². The maximum absolute atomic E-state index is 11.6.